The van der Waals surface area contributed by atoms with E-state index in [1.165, 1.54) is 5.56 Å². The van der Waals surface area contributed by atoms with Crippen molar-refractivity contribution in [2.45, 2.75) is 6.92 Å². The van der Waals surface area contributed by atoms with Gasteiger partial charge in [-0.2, -0.15) is 5.10 Å². The zero-order valence-corrected chi connectivity index (χ0v) is 13.3. The fourth-order valence-electron chi connectivity index (χ4n) is 2.68. The Morgan fingerprint density at radius 3 is 2.61 bits per heavy atom. The lowest BCUT2D eigenvalue weighted by Crippen LogP contribution is -1.87. The second kappa shape index (κ2) is 5.52. The first-order valence-electron chi connectivity index (χ1n) is 7.39. The van der Waals surface area contributed by atoms with Crippen LogP contribution in [0.1, 0.15) is 5.56 Å². The third kappa shape index (κ3) is 2.60. The molecule has 0 bridgehead atoms. The van der Waals surface area contributed by atoms with Crippen molar-refractivity contribution in [3.8, 4) is 22.5 Å². The number of aromatic amines is 1. The molecule has 1 N–H and O–H groups in total. The van der Waals surface area contributed by atoms with Crippen molar-refractivity contribution in [3.05, 3.63) is 71.4 Å². The molecule has 0 aliphatic heterocycles. The molecule has 0 amide bonds. The molecule has 0 aliphatic carbocycles. The van der Waals surface area contributed by atoms with Gasteiger partial charge in [-0.3, -0.25) is 5.10 Å². The number of rotatable bonds is 2. The molecule has 0 fully saturated rings. The van der Waals surface area contributed by atoms with E-state index in [4.69, 9.17) is 11.6 Å². The molecule has 0 saturated carbocycles. The predicted molar refractivity (Wildman–Crippen MR) is 94.5 cm³/mol. The summed E-state index contributed by atoms with van der Waals surface area (Å²) in [5, 5.41) is 9.00. The van der Waals surface area contributed by atoms with Crippen LogP contribution in [0.15, 0.2) is 60.7 Å². The van der Waals surface area contributed by atoms with Crippen LogP contribution in [-0.4, -0.2) is 15.2 Å². The standard InChI is InChI=1S/C19H14ClN3/c1-12-7-8-16-14(9-12)10-15(19(20)21-16)18-11-17(22-23-18)13-5-3-2-4-6-13/h2-11H,1H3,(H,22,23). The van der Waals surface area contributed by atoms with Gasteiger partial charge in [-0.25, -0.2) is 4.98 Å². The number of aryl methyl sites for hydroxylation is 1. The minimum Gasteiger partial charge on any atom is -0.277 e. The lowest BCUT2D eigenvalue weighted by atomic mass is 10.1. The average molecular weight is 320 g/mol. The highest BCUT2D eigenvalue weighted by atomic mass is 35.5. The van der Waals surface area contributed by atoms with Gasteiger partial charge in [0, 0.05) is 16.5 Å². The van der Waals surface area contributed by atoms with Gasteiger partial charge in [-0.15, -0.1) is 0 Å². The van der Waals surface area contributed by atoms with Crippen LogP contribution in [0.25, 0.3) is 33.4 Å². The summed E-state index contributed by atoms with van der Waals surface area (Å²) in [6.45, 7) is 2.07. The first-order chi connectivity index (χ1) is 11.2. The number of H-pyrrole nitrogens is 1. The summed E-state index contributed by atoms with van der Waals surface area (Å²) in [6, 6.07) is 20.2. The quantitative estimate of drug-likeness (QED) is 0.512. The van der Waals surface area contributed by atoms with Crippen molar-refractivity contribution in [2.75, 3.05) is 0 Å². The lowest BCUT2D eigenvalue weighted by molar-refractivity contribution is 1.10. The van der Waals surface area contributed by atoms with E-state index in [1.807, 2.05) is 48.5 Å². The van der Waals surface area contributed by atoms with Crippen molar-refractivity contribution in [2.24, 2.45) is 0 Å². The van der Waals surface area contributed by atoms with Gasteiger partial charge in [0.1, 0.15) is 5.15 Å². The van der Waals surface area contributed by atoms with Gasteiger partial charge in [0.05, 0.1) is 16.9 Å². The first-order valence-corrected chi connectivity index (χ1v) is 7.76. The van der Waals surface area contributed by atoms with E-state index in [1.54, 1.807) is 0 Å². The molecule has 2 heterocycles. The second-order valence-electron chi connectivity index (χ2n) is 5.56. The van der Waals surface area contributed by atoms with E-state index in [-0.39, 0.29) is 0 Å². The monoisotopic (exact) mass is 319 g/mol. The largest absolute Gasteiger partial charge is 0.277 e. The molecule has 2 aromatic heterocycles. The molecule has 0 saturated heterocycles. The fraction of sp³-hybridized carbons (Fsp3) is 0.0526. The summed E-state index contributed by atoms with van der Waals surface area (Å²) >= 11 is 6.37. The van der Waals surface area contributed by atoms with E-state index >= 15 is 0 Å². The molecular weight excluding hydrogens is 306 g/mol. The van der Waals surface area contributed by atoms with Crippen LogP contribution in [0, 0.1) is 6.92 Å². The Morgan fingerprint density at radius 2 is 1.78 bits per heavy atom. The SMILES string of the molecule is Cc1ccc2nc(Cl)c(-c3cc(-c4ccccc4)n[nH]3)cc2c1. The molecule has 3 nitrogen and oxygen atoms in total. The minimum absolute atomic E-state index is 0.476. The Kier molecular flexibility index (Phi) is 3.36. The van der Waals surface area contributed by atoms with Crippen molar-refractivity contribution < 1.29 is 0 Å². The maximum atomic E-state index is 6.37. The van der Waals surface area contributed by atoms with E-state index in [9.17, 15) is 0 Å². The van der Waals surface area contributed by atoms with E-state index in [0.29, 0.717) is 5.15 Å². The first kappa shape index (κ1) is 14.0. The molecule has 4 aromatic rings. The summed E-state index contributed by atoms with van der Waals surface area (Å²) in [5.41, 5.74) is 5.77. The molecule has 0 spiro atoms. The maximum absolute atomic E-state index is 6.37. The van der Waals surface area contributed by atoms with Crippen molar-refractivity contribution >= 4 is 22.5 Å². The van der Waals surface area contributed by atoms with Crippen LogP contribution in [0.4, 0.5) is 0 Å². The van der Waals surface area contributed by atoms with E-state index in [2.05, 4.69) is 34.2 Å². The molecule has 0 radical (unpaired) electrons. The number of fused-ring (bicyclic) bond motifs is 1. The molecular formula is C19H14ClN3. The molecule has 4 rings (SSSR count). The lowest BCUT2D eigenvalue weighted by Gasteiger charge is -2.05. The van der Waals surface area contributed by atoms with Crippen LogP contribution in [0.2, 0.25) is 5.15 Å². The smallest absolute Gasteiger partial charge is 0.139 e. The Bertz CT molecular complexity index is 990. The molecule has 0 atom stereocenters. The van der Waals surface area contributed by atoms with Crippen LogP contribution < -0.4 is 0 Å². The number of benzene rings is 2. The van der Waals surface area contributed by atoms with Gasteiger partial charge in [-0.1, -0.05) is 53.6 Å². The molecule has 112 valence electrons. The Hall–Kier alpha value is -2.65. The number of hydrogen-bond acceptors (Lipinski definition) is 2. The van der Waals surface area contributed by atoms with E-state index < -0.39 is 0 Å². The van der Waals surface area contributed by atoms with Crippen LogP contribution in [0.3, 0.4) is 0 Å². The number of aromatic nitrogens is 3. The van der Waals surface area contributed by atoms with Gasteiger partial charge in [0.15, 0.2) is 0 Å². The normalized spacial score (nSPS) is 11.0. The van der Waals surface area contributed by atoms with E-state index in [0.717, 1.165) is 33.4 Å². The van der Waals surface area contributed by atoms with Gasteiger partial charge in [-0.05, 0) is 31.2 Å². The van der Waals surface area contributed by atoms with Gasteiger partial charge in [0.2, 0.25) is 0 Å². The minimum atomic E-state index is 0.476. The molecule has 0 aliphatic rings. The topological polar surface area (TPSA) is 41.6 Å². The third-order valence-corrected chi connectivity index (χ3v) is 4.15. The van der Waals surface area contributed by atoms with Crippen LogP contribution in [0.5, 0.6) is 0 Å². The number of halogens is 1. The predicted octanol–water partition coefficient (Wildman–Crippen LogP) is 5.25. The Balaban J connectivity index is 1.83. The zero-order valence-electron chi connectivity index (χ0n) is 12.5. The van der Waals surface area contributed by atoms with Gasteiger partial charge < -0.3 is 0 Å². The summed E-state index contributed by atoms with van der Waals surface area (Å²) in [4.78, 5) is 4.49. The maximum Gasteiger partial charge on any atom is 0.139 e. The van der Waals surface area contributed by atoms with Crippen LogP contribution >= 0.6 is 11.6 Å². The number of nitrogens with one attached hydrogen (secondary N) is 1. The molecule has 4 heteroatoms. The number of nitrogens with zero attached hydrogens (tertiary/aromatic N) is 2. The molecule has 2 aromatic carbocycles. The highest BCUT2D eigenvalue weighted by molar-refractivity contribution is 6.32. The highest BCUT2D eigenvalue weighted by Gasteiger charge is 2.11. The van der Waals surface area contributed by atoms with Crippen LogP contribution in [-0.2, 0) is 0 Å². The fourth-order valence-corrected chi connectivity index (χ4v) is 2.93. The van der Waals surface area contributed by atoms with Crippen molar-refractivity contribution in [1.29, 1.82) is 0 Å². The number of pyridine rings is 1. The third-order valence-electron chi connectivity index (χ3n) is 3.86. The van der Waals surface area contributed by atoms with Gasteiger partial charge >= 0.3 is 0 Å². The summed E-state index contributed by atoms with van der Waals surface area (Å²) in [7, 11) is 0. The zero-order chi connectivity index (χ0) is 15.8. The molecule has 23 heavy (non-hydrogen) atoms. The summed E-state index contributed by atoms with van der Waals surface area (Å²) in [5.74, 6) is 0. The highest BCUT2D eigenvalue weighted by Crippen LogP contribution is 2.31. The van der Waals surface area contributed by atoms with Crippen molar-refractivity contribution in [1.82, 2.24) is 15.2 Å². The van der Waals surface area contributed by atoms with Crippen molar-refractivity contribution in [3.63, 3.8) is 0 Å². The summed E-state index contributed by atoms with van der Waals surface area (Å²) in [6.07, 6.45) is 0. The Labute approximate surface area is 139 Å². The van der Waals surface area contributed by atoms with Gasteiger partial charge in [0.25, 0.3) is 0 Å². The second-order valence-corrected chi connectivity index (χ2v) is 5.91. The Morgan fingerprint density at radius 1 is 0.957 bits per heavy atom. The number of hydrogen-bond donors (Lipinski definition) is 1. The summed E-state index contributed by atoms with van der Waals surface area (Å²) < 4.78 is 0. The molecule has 0 unspecified atom stereocenters. The average Bonchev–Trinajstić information content (AvgIpc) is 3.05.